The summed E-state index contributed by atoms with van der Waals surface area (Å²) in [6.07, 6.45) is 1.61. The van der Waals surface area contributed by atoms with Gasteiger partial charge < -0.3 is 10.1 Å². The van der Waals surface area contributed by atoms with E-state index in [4.69, 9.17) is 4.74 Å². The van der Waals surface area contributed by atoms with Crippen LogP contribution in [0.1, 0.15) is 24.2 Å². The number of ether oxygens (including phenoxy) is 1. The number of benzene rings is 2. The molecule has 1 aromatic heterocycles. The highest BCUT2D eigenvalue weighted by Gasteiger charge is 2.18. The molecule has 0 bridgehead atoms. The van der Waals surface area contributed by atoms with Gasteiger partial charge in [0.25, 0.3) is 0 Å². The average molecular weight is 396 g/mol. The van der Waals surface area contributed by atoms with Gasteiger partial charge in [0.2, 0.25) is 5.91 Å². The first kappa shape index (κ1) is 19.6. The molecule has 3 aromatic rings. The van der Waals surface area contributed by atoms with Crippen LogP contribution in [0.5, 0.6) is 5.75 Å². The van der Waals surface area contributed by atoms with Crippen molar-refractivity contribution < 1.29 is 14.3 Å². The third-order valence-corrected chi connectivity index (χ3v) is 5.13. The third kappa shape index (κ3) is 4.58. The van der Waals surface area contributed by atoms with Crippen molar-refractivity contribution in [1.29, 1.82) is 0 Å². The van der Waals surface area contributed by atoms with Crippen molar-refractivity contribution >= 4 is 29.1 Å². The number of ketones is 1. The van der Waals surface area contributed by atoms with Crippen LogP contribution in [0, 0.1) is 0 Å². The molecule has 7 nitrogen and oxygen atoms in total. The van der Waals surface area contributed by atoms with Crippen molar-refractivity contribution in [3.8, 4) is 11.4 Å². The first-order valence-electron chi connectivity index (χ1n) is 8.61. The van der Waals surface area contributed by atoms with Crippen LogP contribution in [0.25, 0.3) is 5.69 Å². The van der Waals surface area contributed by atoms with E-state index < -0.39 is 5.25 Å². The van der Waals surface area contributed by atoms with Crippen LogP contribution in [0.2, 0.25) is 0 Å². The molecule has 0 unspecified atom stereocenters. The van der Waals surface area contributed by atoms with Crippen LogP contribution >= 0.6 is 11.8 Å². The molecule has 8 heteroatoms. The summed E-state index contributed by atoms with van der Waals surface area (Å²) in [6, 6.07) is 14.3. The van der Waals surface area contributed by atoms with Crippen molar-refractivity contribution in [1.82, 2.24) is 14.8 Å². The lowest BCUT2D eigenvalue weighted by Gasteiger charge is -2.13. The quantitative estimate of drug-likeness (QED) is 0.485. The Bertz CT molecular complexity index is 968. The fourth-order valence-corrected chi connectivity index (χ4v) is 3.31. The van der Waals surface area contributed by atoms with E-state index in [0.29, 0.717) is 16.4 Å². The Morgan fingerprint density at radius 1 is 1.11 bits per heavy atom. The molecule has 0 aliphatic heterocycles. The van der Waals surface area contributed by atoms with Crippen molar-refractivity contribution in [2.75, 3.05) is 12.4 Å². The normalized spacial score (nSPS) is 11.7. The van der Waals surface area contributed by atoms with Gasteiger partial charge in [-0.25, -0.2) is 0 Å². The minimum Gasteiger partial charge on any atom is -0.497 e. The topological polar surface area (TPSA) is 86.1 Å². The van der Waals surface area contributed by atoms with Crippen LogP contribution in [0.4, 0.5) is 5.69 Å². The minimum atomic E-state index is -0.395. The highest BCUT2D eigenvalue weighted by Crippen LogP contribution is 2.25. The third-order valence-electron chi connectivity index (χ3n) is 4.08. The second kappa shape index (κ2) is 8.71. The van der Waals surface area contributed by atoms with Crippen LogP contribution in [0.15, 0.2) is 60.0 Å². The Balaban J connectivity index is 1.67. The number of rotatable bonds is 7. The van der Waals surface area contributed by atoms with Crippen LogP contribution in [-0.4, -0.2) is 38.8 Å². The van der Waals surface area contributed by atoms with E-state index in [1.807, 2.05) is 28.8 Å². The molecule has 28 heavy (non-hydrogen) atoms. The van der Waals surface area contributed by atoms with Gasteiger partial charge in [-0.1, -0.05) is 11.8 Å². The molecule has 0 aliphatic rings. The number of hydrogen-bond acceptors (Lipinski definition) is 6. The second-order valence-corrected chi connectivity index (χ2v) is 7.37. The molecule has 144 valence electrons. The molecule has 0 saturated heterocycles. The van der Waals surface area contributed by atoms with Crippen molar-refractivity contribution in [3.05, 3.63) is 60.4 Å². The molecule has 0 radical (unpaired) electrons. The Kier molecular flexibility index (Phi) is 6.10. The number of methoxy groups -OCH3 is 1. The molecular formula is C20H20N4O3S. The number of nitrogens with one attached hydrogen (secondary N) is 1. The van der Waals surface area contributed by atoms with Gasteiger partial charge >= 0.3 is 0 Å². The lowest BCUT2D eigenvalue weighted by molar-refractivity contribution is -0.115. The Hall–Kier alpha value is -3.13. The Morgan fingerprint density at radius 3 is 2.39 bits per heavy atom. The molecule has 0 spiro atoms. The molecule has 1 amide bonds. The van der Waals surface area contributed by atoms with Gasteiger partial charge in [-0.15, -0.1) is 10.2 Å². The van der Waals surface area contributed by atoms with Gasteiger partial charge in [-0.2, -0.15) is 0 Å². The number of amides is 1. The number of Topliss-reactive ketones (excluding diaryl/α,β-unsaturated/α-hetero) is 1. The summed E-state index contributed by atoms with van der Waals surface area (Å²) in [5.74, 6) is 0.582. The van der Waals surface area contributed by atoms with Crippen LogP contribution in [-0.2, 0) is 4.79 Å². The first-order chi connectivity index (χ1) is 13.5. The number of aromatic nitrogens is 3. The summed E-state index contributed by atoms with van der Waals surface area (Å²) < 4.78 is 6.99. The molecule has 3 rings (SSSR count). The average Bonchev–Trinajstić information content (AvgIpc) is 3.16. The summed E-state index contributed by atoms with van der Waals surface area (Å²) in [5, 5.41) is 11.1. The van der Waals surface area contributed by atoms with E-state index >= 15 is 0 Å². The standard InChI is InChI=1S/C20H20N4O3S/c1-13(25)15-4-6-16(7-5-15)22-19(26)14(2)28-20-23-21-12-24(20)17-8-10-18(27-3)11-9-17/h4-12,14H,1-3H3,(H,22,26)/t14-/m0/s1. The van der Waals surface area contributed by atoms with Gasteiger partial charge in [-0.3, -0.25) is 14.2 Å². The number of nitrogens with zero attached hydrogens (tertiary/aromatic N) is 3. The minimum absolute atomic E-state index is 0.0142. The van der Waals surface area contributed by atoms with E-state index in [-0.39, 0.29) is 11.7 Å². The van der Waals surface area contributed by atoms with E-state index in [0.717, 1.165) is 11.4 Å². The van der Waals surface area contributed by atoms with E-state index in [2.05, 4.69) is 15.5 Å². The Labute approximate surface area is 167 Å². The summed E-state index contributed by atoms with van der Waals surface area (Å²) >= 11 is 1.31. The smallest absolute Gasteiger partial charge is 0.237 e. The van der Waals surface area contributed by atoms with E-state index in [1.165, 1.54) is 18.7 Å². The highest BCUT2D eigenvalue weighted by molar-refractivity contribution is 8.00. The summed E-state index contributed by atoms with van der Waals surface area (Å²) in [7, 11) is 1.61. The summed E-state index contributed by atoms with van der Waals surface area (Å²) in [6.45, 7) is 3.31. The predicted molar refractivity (Wildman–Crippen MR) is 108 cm³/mol. The maximum Gasteiger partial charge on any atom is 0.237 e. The fraction of sp³-hybridized carbons (Fsp3) is 0.200. The molecule has 1 heterocycles. The molecule has 0 saturated carbocycles. The maximum atomic E-state index is 12.5. The van der Waals surface area contributed by atoms with Crippen LogP contribution in [0.3, 0.4) is 0 Å². The molecule has 2 aromatic carbocycles. The maximum absolute atomic E-state index is 12.5. The van der Waals surface area contributed by atoms with Gasteiger partial charge in [0.15, 0.2) is 10.9 Å². The lowest BCUT2D eigenvalue weighted by atomic mass is 10.1. The number of carbonyl (C=O) groups is 2. The van der Waals surface area contributed by atoms with Gasteiger partial charge in [0.1, 0.15) is 12.1 Å². The molecule has 0 aliphatic carbocycles. The zero-order valence-corrected chi connectivity index (χ0v) is 16.6. The number of anilines is 1. The number of hydrogen-bond donors (Lipinski definition) is 1. The van der Waals surface area contributed by atoms with Gasteiger partial charge in [0, 0.05) is 16.9 Å². The predicted octanol–water partition coefficient (Wildman–Crippen LogP) is 3.60. The number of carbonyl (C=O) groups excluding carboxylic acids is 2. The van der Waals surface area contributed by atoms with Crippen LogP contribution < -0.4 is 10.1 Å². The Morgan fingerprint density at radius 2 is 1.79 bits per heavy atom. The lowest BCUT2D eigenvalue weighted by Crippen LogP contribution is -2.22. The van der Waals surface area contributed by atoms with Crippen molar-refractivity contribution in [2.45, 2.75) is 24.3 Å². The van der Waals surface area contributed by atoms with E-state index in [1.54, 1.807) is 44.6 Å². The number of thioether (sulfide) groups is 1. The molecule has 1 N–H and O–H groups in total. The zero-order valence-electron chi connectivity index (χ0n) is 15.7. The highest BCUT2D eigenvalue weighted by atomic mass is 32.2. The fourth-order valence-electron chi connectivity index (χ4n) is 2.47. The summed E-state index contributed by atoms with van der Waals surface area (Å²) in [5.41, 5.74) is 2.12. The largest absolute Gasteiger partial charge is 0.497 e. The van der Waals surface area contributed by atoms with Crippen molar-refractivity contribution in [2.24, 2.45) is 0 Å². The molecular weight excluding hydrogens is 376 g/mol. The first-order valence-corrected chi connectivity index (χ1v) is 9.49. The van der Waals surface area contributed by atoms with E-state index in [9.17, 15) is 9.59 Å². The molecule has 0 fully saturated rings. The van der Waals surface area contributed by atoms with Gasteiger partial charge in [0.05, 0.1) is 12.4 Å². The monoisotopic (exact) mass is 396 g/mol. The molecule has 1 atom stereocenters. The SMILES string of the molecule is COc1ccc(-n2cnnc2S[C@@H](C)C(=O)Nc2ccc(C(C)=O)cc2)cc1. The van der Waals surface area contributed by atoms with Crippen molar-refractivity contribution in [3.63, 3.8) is 0 Å². The second-order valence-electron chi connectivity index (χ2n) is 6.06. The van der Waals surface area contributed by atoms with Gasteiger partial charge in [-0.05, 0) is 62.4 Å². The summed E-state index contributed by atoms with van der Waals surface area (Å²) in [4.78, 5) is 23.9. The zero-order chi connectivity index (χ0) is 20.1.